The van der Waals surface area contributed by atoms with Crippen LogP contribution in [0, 0.1) is 0 Å². The number of phenols is 2. The van der Waals surface area contributed by atoms with E-state index >= 15 is 0 Å². The highest BCUT2D eigenvalue weighted by atomic mass is 16.5. The maximum atomic E-state index is 13.2. The van der Waals surface area contributed by atoms with Gasteiger partial charge >= 0.3 is 11.9 Å². The van der Waals surface area contributed by atoms with Gasteiger partial charge in [0.15, 0.2) is 0 Å². The Balaban J connectivity index is 1.93. The first-order chi connectivity index (χ1) is 23.4. The number of hydrogen-bond donors (Lipinski definition) is 2. The summed E-state index contributed by atoms with van der Waals surface area (Å²) >= 11 is 0. The Morgan fingerprint density at radius 3 is 1.54 bits per heavy atom. The number of carbonyl (C=O) groups is 2. The summed E-state index contributed by atoms with van der Waals surface area (Å²) in [5.74, 6) is 0.0558. The molecule has 0 radical (unpaired) electrons. The normalized spacial score (nSPS) is 18.2. The molecule has 7 nitrogen and oxygen atoms in total. The van der Waals surface area contributed by atoms with E-state index in [-0.39, 0.29) is 53.0 Å². The first-order valence-corrected chi connectivity index (χ1v) is 19.0. The predicted molar refractivity (Wildman–Crippen MR) is 213 cm³/mol. The van der Waals surface area contributed by atoms with E-state index in [2.05, 4.69) is 134 Å². The van der Waals surface area contributed by atoms with Crippen LogP contribution in [0.4, 0.5) is 0 Å². The fraction of sp³-hybridized carbons (Fsp3) is 0.644. The van der Waals surface area contributed by atoms with Crippen LogP contribution in [-0.2, 0) is 47.1 Å². The molecule has 0 bridgehead atoms. The third kappa shape index (κ3) is 9.61. The lowest BCUT2D eigenvalue weighted by molar-refractivity contribution is -0.156. The first-order valence-electron chi connectivity index (χ1n) is 19.0. The highest BCUT2D eigenvalue weighted by Gasteiger charge is 2.50. The molecule has 1 aliphatic heterocycles. The van der Waals surface area contributed by atoms with Gasteiger partial charge in [-0.15, -0.1) is 0 Å². The summed E-state index contributed by atoms with van der Waals surface area (Å²) < 4.78 is 12.1. The van der Waals surface area contributed by atoms with E-state index in [1.54, 1.807) is 6.92 Å². The van der Waals surface area contributed by atoms with E-state index in [0.29, 0.717) is 24.5 Å². The van der Waals surface area contributed by atoms with Crippen LogP contribution >= 0.6 is 0 Å². The van der Waals surface area contributed by atoms with Crippen molar-refractivity contribution in [3.8, 4) is 11.5 Å². The Kier molecular flexibility index (Phi) is 12.3. The summed E-state index contributed by atoms with van der Waals surface area (Å²) in [7, 11) is 0. The Morgan fingerprint density at radius 2 is 1.13 bits per heavy atom. The van der Waals surface area contributed by atoms with Crippen molar-refractivity contribution in [1.82, 2.24) is 4.90 Å². The number of aromatic hydroxyl groups is 2. The molecule has 0 amide bonds. The monoisotopic (exact) mass is 720 g/mol. The van der Waals surface area contributed by atoms with Crippen LogP contribution in [0.5, 0.6) is 11.5 Å². The lowest BCUT2D eigenvalue weighted by atomic mass is 9.73. The molecule has 2 aromatic carbocycles. The van der Waals surface area contributed by atoms with Gasteiger partial charge in [0.25, 0.3) is 0 Å². The van der Waals surface area contributed by atoms with E-state index in [1.165, 1.54) is 0 Å². The van der Waals surface area contributed by atoms with Crippen LogP contribution in [0.25, 0.3) is 5.57 Å². The summed E-state index contributed by atoms with van der Waals surface area (Å²) in [4.78, 5) is 28.4. The molecule has 2 N–H and O–H groups in total. The average Bonchev–Trinajstić information content (AvgIpc) is 2.97. The zero-order valence-electron chi connectivity index (χ0n) is 35.5. The van der Waals surface area contributed by atoms with Crippen molar-refractivity contribution in [2.45, 2.75) is 176 Å². The molecule has 0 fully saturated rings. The second kappa shape index (κ2) is 14.8. The van der Waals surface area contributed by atoms with Gasteiger partial charge < -0.3 is 19.7 Å². The second-order valence-corrected chi connectivity index (χ2v) is 20.0. The summed E-state index contributed by atoms with van der Waals surface area (Å²) in [6, 6.07) is 8.13. The minimum atomic E-state index is -0.675. The van der Waals surface area contributed by atoms with E-state index in [0.717, 1.165) is 39.0 Å². The van der Waals surface area contributed by atoms with Gasteiger partial charge in [-0.3, -0.25) is 14.5 Å². The largest absolute Gasteiger partial charge is 0.507 e. The number of rotatable bonds is 9. The highest BCUT2D eigenvalue weighted by Crippen LogP contribution is 2.47. The molecule has 52 heavy (non-hydrogen) atoms. The number of benzene rings is 2. The van der Waals surface area contributed by atoms with Crippen molar-refractivity contribution in [2.24, 2.45) is 0 Å². The van der Waals surface area contributed by atoms with Gasteiger partial charge in [0.2, 0.25) is 0 Å². The smallest absolute Gasteiger partial charge is 0.306 e. The van der Waals surface area contributed by atoms with Gasteiger partial charge in [-0.05, 0) is 95.7 Å². The molecule has 0 spiro atoms. The van der Waals surface area contributed by atoms with E-state index in [4.69, 9.17) is 9.47 Å². The van der Waals surface area contributed by atoms with Crippen LogP contribution in [-0.4, -0.2) is 57.4 Å². The van der Waals surface area contributed by atoms with E-state index < -0.39 is 17.2 Å². The van der Waals surface area contributed by atoms with Crippen molar-refractivity contribution < 1.29 is 29.3 Å². The molecule has 1 atom stereocenters. The Labute approximate surface area is 315 Å². The first kappa shape index (κ1) is 43.1. The highest BCUT2D eigenvalue weighted by molar-refractivity contribution is 5.79. The molecule has 1 unspecified atom stereocenters. The molecular weight excluding hydrogens is 650 g/mol. The van der Waals surface area contributed by atoms with Gasteiger partial charge in [0.05, 0.1) is 5.54 Å². The van der Waals surface area contributed by atoms with E-state index in [1.807, 2.05) is 12.1 Å². The summed E-state index contributed by atoms with van der Waals surface area (Å²) in [5, 5.41) is 22.6. The number of ether oxygens (including phenoxy) is 2. The van der Waals surface area contributed by atoms with E-state index in [9.17, 15) is 19.8 Å². The second-order valence-electron chi connectivity index (χ2n) is 20.0. The molecule has 1 heterocycles. The molecule has 7 heteroatoms. The van der Waals surface area contributed by atoms with Gasteiger partial charge in [0.1, 0.15) is 24.2 Å². The summed E-state index contributed by atoms with van der Waals surface area (Å²) in [5.41, 5.74) is 3.95. The van der Waals surface area contributed by atoms with Crippen molar-refractivity contribution in [3.05, 3.63) is 63.7 Å². The quantitative estimate of drug-likeness (QED) is 0.249. The topological polar surface area (TPSA) is 96.3 Å². The van der Waals surface area contributed by atoms with Crippen LogP contribution in [0.15, 0.2) is 30.3 Å². The van der Waals surface area contributed by atoms with Gasteiger partial charge in [-0.2, -0.15) is 0 Å². The number of carbonyl (C=O) groups excluding carboxylic acids is 2. The SMILES string of the molecule is CCC(=O)OC1C(c2cc(C(C)(C)C)c(O)c(C(C)(C)C)c2)=CC(C)(C)N(CCOC(=O)CCc2cc(C(C)(C)C)c(O)c(C(C)(C)C)c2)C1(C)C. The van der Waals surface area contributed by atoms with Crippen molar-refractivity contribution in [2.75, 3.05) is 13.2 Å². The zero-order chi connectivity index (χ0) is 40.0. The number of hydrogen-bond acceptors (Lipinski definition) is 7. The minimum Gasteiger partial charge on any atom is -0.507 e. The molecule has 0 aromatic heterocycles. The lowest BCUT2D eigenvalue weighted by Crippen LogP contribution is -2.64. The summed E-state index contributed by atoms with van der Waals surface area (Å²) in [6.45, 7) is 35.9. The maximum absolute atomic E-state index is 13.2. The number of esters is 2. The van der Waals surface area contributed by atoms with Crippen molar-refractivity contribution in [3.63, 3.8) is 0 Å². The third-order valence-corrected chi connectivity index (χ3v) is 10.4. The molecule has 0 saturated heterocycles. The predicted octanol–water partition coefficient (Wildman–Crippen LogP) is 10.0. The van der Waals surface area contributed by atoms with Crippen LogP contribution in [0.2, 0.25) is 0 Å². The molecule has 0 saturated carbocycles. The van der Waals surface area contributed by atoms with Gasteiger partial charge in [-0.25, -0.2) is 0 Å². The number of nitrogens with zero attached hydrogens (tertiary/aromatic N) is 1. The van der Waals surface area contributed by atoms with Gasteiger partial charge in [-0.1, -0.05) is 108 Å². The Hall–Kier alpha value is -3.32. The molecule has 290 valence electrons. The standard InChI is InChI=1S/C45H69NO6/c1-18-35(47)52-39-30(29-25-33(42(8,9)10)38(50)34(26-29)43(11,12)13)27-44(14,15)46(45(39,16)17)21-22-51-36(48)20-19-28-23-31(40(2,3)4)37(49)32(24-28)41(5,6)7/h23-27,39,49-50H,18-22H2,1-17H3. The minimum absolute atomic E-state index is 0.181. The molecule has 1 aliphatic rings. The Morgan fingerprint density at radius 1 is 0.712 bits per heavy atom. The van der Waals surface area contributed by atoms with Crippen molar-refractivity contribution >= 4 is 17.5 Å². The maximum Gasteiger partial charge on any atom is 0.306 e. The number of aryl methyl sites for hydroxylation is 1. The van der Waals surface area contributed by atoms with Crippen LogP contribution in [0.3, 0.4) is 0 Å². The average molecular weight is 720 g/mol. The zero-order valence-corrected chi connectivity index (χ0v) is 35.5. The number of phenolic OH excluding ortho intramolecular Hbond substituents is 2. The fourth-order valence-electron chi connectivity index (χ4n) is 7.53. The fourth-order valence-corrected chi connectivity index (χ4v) is 7.53. The molecule has 0 aliphatic carbocycles. The van der Waals surface area contributed by atoms with Crippen molar-refractivity contribution in [1.29, 1.82) is 0 Å². The molecule has 3 rings (SSSR count). The van der Waals surface area contributed by atoms with Crippen LogP contribution in [0.1, 0.15) is 164 Å². The van der Waals surface area contributed by atoms with Crippen LogP contribution < -0.4 is 0 Å². The summed E-state index contributed by atoms with van der Waals surface area (Å²) in [6.07, 6.45) is 2.53. The molecular formula is C45H69NO6. The van der Waals surface area contributed by atoms with Gasteiger partial charge in [0, 0.05) is 36.1 Å². The lowest BCUT2D eigenvalue weighted by Gasteiger charge is -2.54. The molecule has 2 aromatic rings. The third-order valence-electron chi connectivity index (χ3n) is 10.4. The Bertz CT molecular complexity index is 1600.